The van der Waals surface area contributed by atoms with E-state index in [0.29, 0.717) is 19.1 Å². The van der Waals surface area contributed by atoms with E-state index in [2.05, 4.69) is 47.9 Å². The molecule has 5 heteroatoms. The van der Waals surface area contributed by atoms with E-state index in [1.165, 1.54) is 11.3 Å². The molecule has 1 fully saturated rings. The summed E-state index contributed by atoms with van der Waals surface area (Å²) in [5, 5.41) is 10.4. The minimum atomic E-state index is -0.489. The number of rotatable bonds is 8. The Morgan fingerprint density at radius 2 is 1.50 bits per heavy atom. The van der Waals surface area contributed by atoms with Crippen molar-refractivity contribution in [3.63, 3.8) is 0 Å². The standard InChI is InChI=1S/C23H32N2O3/c1-18(2)19-4-8-23(9-5-19)28-17-21(26)16-24-12-14-25(15-13-24)20-6-10-22(27-3)11-7-20/h4-11,18,21,26H,12-17H2,1-3H3/t21-/m0/s1. The molecule has 2 aromatic carbocycles. The molecular weight excluding hydrogens is 352 g/mol. The first-order valence-corrected chi connectivity index (χ1v) is 10.1. The molecule has 152 valence electrons. The predicted octanol–water partition coefficient (Wildman–Crippen LogP) is 3.38. The molecule has 1 aliphatic rings. The third-order valence-electron chi connectivity index (χ3n) is 5.27. The molecule has 5 nitrogen and oxygen atoms in total. The van der Waals surface area contributed by atoms with Crippen molar-refractivity contribution < 1.29 is 14.6 Å². The highest BCUT2D eigenvalue weighted by atomic mass is 16.5. The van der Waals surface area contributed by atoms with Crippen LogP contribution in [0.25, 0.3) is 0 Å². The van der Waals surface area contributed by atoms with Gasteiger partial charge in [0.25, 0.3) is 0 Å². The Morgan fingerprint density at radius 3 is 2.07 bits per heavy atom. The van der Waals surface area contributed by atoms with Crippen LogP contribution in [-0.2, 0) is 0 Å². The lowest BCUT2D eigenvalue weighted by Crippen LogP contribution is -2.49. The molecule has 0 spiro atoms. The molecule has 1 heterocycles. The highest BCUT2D eigenvalue weighted by Gasteiger charge is 2.20. The Balaban J connectivity index is 1.40. The summed E-state index contributed by atoms with van der Waals surface area (Å²) in [4.78, 5) is 4.67. The van der Waals surface area contributed by atoms with Gasteiger partial charge in [-0.15, -0.1) is 0 Å². The Labute approximate surface area is 168 Å². The Kier molecular flexibility index (Phi) is 7.18. The van der Waals surface area contributed by atoms with Crippen LogP contribution >= 0.6 is 0 Å². The number of nitrogens with zero attached hydrogens (tertiary/aromatic N) is 2. The normalized spacial score (nSPS) is 16.2. The number of benzene rings is 2. The molecule has 1 aliphatic heterocycles. The summed E-state index contributed by atoms with van der Waals surface area (Å²) in [6.45, 7) is 9.09. The van der Waals surface area contributed by atoms with Crippen molar-refractivity contribution in [1.82, 2.24) is 4.90 Å². The van der Waals surface area contributed by atoms with Gasteiger partial charge < -0.3 is 19.5 Å². The Morgan fingerprint density at radius 1 is 0.893 bits per heavy atom. The summed E-state index contributed by atoms with van der Waals surface area (Å²) >= 11 is 0. The van der Waals surface area contributed by atoms with E-state index >= 15 is 0 Å². The van der Waals surface area contributed by atoms with Gasteiger partial charge in [0, 0.05) is 38.4 Å². The summed E-state index contributed by atoms with van der Waals surface area (Å²) in [6.07, 6.45) is -0.489. The summed E-state index contributed by atoms with van der Waals surface area (Å²) in [6, 6.07) is 16.3. The molecule has 3 rings (SSSR count). The van der Waals surface area contributed by atoms with Crippen molar-refractivity contribution in [2.24, 2.45) is 0 Å². The number of aliphatic hydroxyl groups excluding tert-OH is 1. The van der Waals surface area contributed by atoms with Crippen LogP contribution in [0.15, 0.2) is 48.5 Å². The highest BCUT2D eigenvalue weighted by Crippen LogP contribution is 2.21. The van der Waals surface area contributed by atoms with Crippen molar-refractivity contribution in [3.8, 4) is 11.5 Å². The van der Waals surface area contributed by atoms with Gasteiger partial charge >= 0.3 is 0 Å². The van der Waals surface area contributed by atoms with Gasteiger partial charge in [-0.25, -0.2) is 0 Å². The molecule has 1 atom stereocenters. The summed E-state index contributed by atoms with van der Waals surface area (Å²) < 4.78 is 11.0. The zero-order valence-corrected chi connectivity index (χ0v) is 17.2. The van der Waals surface area contributed by atoms with Crippen molar-refractivity contribution >= 4 is 5.69 Å². The second-order valence-corrected chi connectivity index (χ2v) is 7.67. The Hall–Kier alpha value is -2.24. The van der Waals surface area contributed by atoms with Crippen LogP contribution in [0.5, 0.6) is 11.5 Å². The molecule has 0 amide bonds. The number of hydrogen-bond donors (Lipinski definition) is 1. The number of anilines is 1. The molecule has 2 aromatic rings. The van der Waals surface area contributed by atoms with E-state index in [1.807, 2.05) is 24.3 Å². The first-order valence-electron chi connectivity index (χ1n) is 10.1. The number of β-amino-alcohol motifs (C(OH)–C–C–N with tert-alkyl or cyclic N) is 1. The molecule has 1 N–H and O–H groups in total. The van der Waals surface area contributed by atoms with Crippen LogP contribution in [0.4, 0.5) is 5.69 Å². The van der Waals surface area contributed by atoms with Gasteiger partial charge in [-0.3, -0.25) is 4.90 Å². The second-order valence-electron chi connectivity index (χ2n) is 7.67. The van der Waals surface area contributed by atoms with Gasteiger partial charge in [0.15, 0.2) is 0 Å². The van der Waals surface area contributed by atoms with Crippen molar-refractivity contribution in [2.75, 3.05) is 51.3 Å². The number of hydrogen-bond acceptors (Lipinski definition) is 5. The quantitative estimate of drug-likeness (QED) is 0.756. The fourth-order valence-electron chi connectivity index (χ4n) is 3.47. The van der Waals surface area contributed by atoms with E-state index in [9.17, 15) is 5.11 Å². The summed E-state index contributed by atoms with van der Waals surface area (Å²) in [5.41, 5.74) is 2.51. The molecule has 0 radical (unpaired) electrons. The van der Waals surface area contributed by atoms with Gasteiger partial charge in [0.05, 0.1) is 7.11 Å². The smallest absolute Gasteiger partial charge is 0.119 e. The van der Waals surface area contributed by atoms with Crippen LogP contribution in [-0.4, -0.2) is 62.6 Å². The minimum Gasteiger partial charge on any atom is -0.497 e. The van der Waals surface area contributed by atoms with Crippen molar-refractivity contribution in [3.05, 3.63) is 54.1 Å². The van der Waals surface area contributed by atoms with E-state index in [1.54, 1.807) is 7.11 Å². The predicted molar refractivity (Wildman–Crippen MR) is 114 cm³/mol. The Bertz CT molecular complexity index is 708. The largest absolute Gasteiger partial charge is 0.497 e. The first-order chi connectivity index (χ1) is 13.5. The third-order valence-corrected chi connectivity index (χ3v) is 5.27. The van der Waals surface area contributed by atoms with Gasteiger partial charge in [-0.05, 0) is 47.9 Å². The number of ether oxygens (including phenoxy) is 2. The molecule has 0 unspecified atom stereocenters. The lowest BCUT2D eigenvalue weighted by molar-refractivity contribution is 0.0663. The lowest BCUT2D eigenvalue weighted by atomic mass is 10.0. The van der Waals surface area contributed by atoms with Crippen molar-refractivity contribution in [2.45, 2.75) is 25.9 Å². The molecule has 0 aromatic heterocycles. The number of aliphatic hydroxyl groups is 1. The van der Waals surface area contributed by atoms with Gasteiger partial charge in [-0.1, -0.05) is 26.0 Å². The van der Waals surface area contributed by atoms with E-state index in [0.717, 1.165) is 37.7 Å². The molecule has 1 saturated heterocycles. The summed E-state index contributed by atoms with van der Waals surface area (Å²) in [5.74, 6) is 2.20. The third kappa shape index (κ3) is 5.63. The maximum atomic E-state index is 10.4. The fraction of sp³-hybridized carbons (Fsp3) is 0.478. The first kappa shape index (κ1) is 20.5. The van der Waals surface area contributed by atoms with Crippen LogP contribution in [0.3, 0.4) is 0 Å². The monoisotopic (exact) mass is 384 g/mol. The van der Waals surface area contributed by atoms with Gasteiger partial charge in [0.1, 0.15) is 24.2 Å². The van der Waals surface area contributed by atoms with Crippen LogP contribution in [0.2, 0.25) is 0 Å². The zero-order chi connectivity index (χ0) is 19.9. The van der Waals surface area contributed by atoms with E-state index < -0.39 is 6.10 Å². The second kappa shape index (κ2) is 9.80. The topological polar surface area (TPSA) is 45.2 Å². The maximum Gasteiger partial charge on any atom is 0.119 e. The molecule has 28 heavy (non-hydrogen) atoms. The minimum absolute atomic E-state index is 0.319. The lowest BCUT2D eigenvalue weighted by Gasteiger charge is -2.36. The average Bonchev–Trinajstić information content (AvgIpc) is 2.73. The van der Waals surface area contributed by atoms with Gasteiger partial charge in [0.2, 0.25) is 0 Å². The number of methoxy groups -OCH3 is 1. The number of piperazine rings is 1. The van der Waals surface area contributed by atoms with E-state index in [4.69, 9.17) is 9.47 Å². The SMILES string of the molecule is COc1ccc(N2CCN(C[C@H](O)COc3ccc(C(C)C)cc3)CC2)cc1. The molecule has 0 aliphatic carbocycles. The molecule has 0 saturated carbocycles. The zero-order valence-electron chi connectivity index (χ0n) is 17.2. The maximum absolute atomic E-state index is 10.4. The van der Waals surface area contributed by atoms with Crippen LogP contribution in [0, 0.1) is 0 Å². The molecular formula is C23H32N2O3. The molecule has 0 bridgehead atoms. The average molecular weight is 385 g/mol. The summed E-state index contributed by atoms with van der Waals surface area (Å²) in [7, 11) is 1.68. The van der Waals surface area contributed by atoms with Crippen LogP contribution in [0.1, 0.15) is 25.3 Å². The highest BCUT2D eigenvalue weighted by molar-refractivity contribution is 5.49. The van der Waals surface area contributed by atoms with Gasteiger partial charge in [-0.2, -0.15) is 0 Å². The fourth-order valence-corrected chi connectivity index (χ4v) is 3.47. The van der Waals surface area contributed by atoms with Crippen molar-refractivity contribution in [1.29, 1.82) is 0 Å². The van der Waals surface area contributed by atoms with E-state index in [-0.39, 0.29) is 0 Å². The van der Waals surface area contributed by atoms with Crippen LogP contribution < -0.4 is 14.4 Å².